The molecule has 0 radical (unpaired) electrons. The summed E-state index contributed by atoms with van der Waals surface area (Å²) in [5, 5.41) is 6.37. The average molecular weight is 337 g/mol. The second-order valence-corrected chi connectivity index (χ2v) is 6.62. The van der Waals surface area contributed by atoms with Gasteiger partial charge in [0.25, 0.3) is 0 Å². The molecule has 2 aromatic rings. The first-order chi connectivity index (χ1) is 12.2. The van der Waals surface area contributed by atoms with Crippen LogP contribution in [0.15, 0.2) is 54.6 Å². The van der Waals surface area contributed by atoms with Crippen molar-refractivity contribution in [2.45, 2.75) is 32.2 Å². The molecule has 1 aliphatic heterocycles. The van der Waals surface area contributed by atoms with E-state index in [2.05, 4.69) is 39.8 Å². The summed E-state index contributed by atoms with van der Waals surface area (Å²) in [5.41, 5.74) is 3.48. The Kier molecular flexibility index (Phi) is 5.94. The lowest BCUT2D eigenvalue weighted by atomic mass is 10.1. The van der Waals surface area contributed by atoms with Crippen LogP contribution in [0.4, 0.5) is 11.4 Å². The number of nitrogens with zero attached hydrogens (tertiary/aromatic N) is 1. The highest BCUT2D eigenvalue weighted by atomic mass is 16.1. The Morgan fingerprint density at radius 3 is 2.40 bits per heavy atom. The third-order valence-electron chi connectivity index (χ3n) is 4.70. The fraction of sp³-hybridized carbons (Fsp3) is 0.381. The largest absolute Gasteiger partial charge is 0.385 e. The Bertz CT molecular complexity index is 663. The van der Waals surface area contributed by atoms with E-state index in [4.69, 9.17) is 0 Å². The van der Waals surface area contributed by atoms with Gasteiger partial charge in [0.2, 0.25) is 5.91 Å². The molecule has 0 saturated carbocycles. The molecule has 2 aromatic carbocycles. The topological polar surface area (TPSA) is 44.4 Å². The van der Waals surface area contributed by atoms with Crippen molar-refractivity contribution in [3.05, 3.63) is 60.2 Å². The lowest BCUT2D eigenvalue weighted by molar-refractivity contribution is -0.121. The van der Waals surface area contributed by atoms with Crippen molar-refractivity contribution in [2.75, 3.05) is 29.9 Å². The van der Waals surface area contributed by atoms with Gasteiger partial charge >= 0.3 is 0 Å². The molecule has 132 valence electrons. The van der Waals surface area contributed by atoms with Gasteiger partial charge in [0, 0.05) is 37.4 Å². The van der Waals surface area contributed by atoms with Gasteiger partial charge in [-0.15, -0.1) is 0 Å². The van der Waals surface area contributed by atoms with Crippen LogP contribution in [0.25, 0.3) is 0 Å². The quantitative estimate of drug-likeness (QED) is 0.803. The lowest BCUT2D eigenvalue weighted by Crippen LogP contribution is -2.28. The second-order valence-electron chi connectivity index (χ2n) is 6.62. The molecule has 1 fully saturated rings. The van der Waals surface area contributed by atoms with Crippen LogP contribution in [0.3, 0.4) is 0 Å². The van der Waals surface area contributed by atoms with Crippen LogP contribution in [-0.4, -0.2) is 25.5 Å². The Balaban J connectivity index is 1.40. The number of benzene rings is 2. The molecular formula is C21H27N3O. The summed E-state index contributed by atoms with van der Waals surface area (Å²) in [7, 11) is 0. The van der Waals surface area contributed by atoms with E-state index in [-0.39, 0.29) is 11.9 Å². The minimum atomic E-state index is 0.0356. The Morgan fingerprint density at radius 1 is 1.04 bits per heavy atom. The molecule has 0 aromatic heterocycles. The smallest absolute Gasteiger partial charge is 0.222 e. The minimum absolute atomic E-state index is 0.0356. The van der Waals surface area contributed by atoms with E-state index >= 15 is 0 Å². The van der Waals surface area contributed by atoms with Gasteiger partial charge in [0.1, 0.15) is 0 Å². The van der Waals surface area contributed by atoms with Gasteiger partial charge in [-0.3, -0.25) is 4.79 Å². The van der Waals surface area contributed by atoms with Gasteiger partial charge in [-0.1, -0.05) is 30.3 Å². The Morgan fingerprint density at radius 2 is 1.72 bits per heavy atom. The second kappa shape index (κ2) is 8.56. The summed E-state index contributed by atoms with van der Waals surface area (Å²) in [4.78, 5) is 14.5. The van der Waals surface area contributed by atoms with Gasteiger partial charge in [-0.25, -0.2) is 0 Å². The maximum Gasteiger partial charge on any atom is 0.222 e. The van der Waals surface area contributed by atoms with Gasteiger partial charge in [-0.2, -0.15) is 0 Å². The maximum atomic E-state index is 12.1. The number of nitrogens with one attached hydrogen (secondary N) is 2. The number of anilines is 2. The van der Waals surface area contributed by atoms with Gasteiger partial charge < -0.3 is 15.5 Å². The van der Waals surface area contributed by atoms with E-state index in [1.165, 1.54) is 18.5 Å². The van der Waals surface area contributed by atoms with Crippen molar-refractivity contribution in [2.24, 2.45) is 0 Å². The van der Waals surface area contributed by atoms with E-state index in [0.717, 1.165) is 24.3 Å². The summed E-state index contributed by atoms with van der Waals surface area (Å²) in [6.45, 7) is 4.97. The minimum Gasteiger partial charge on any atom is -0.385 e. The zero-order valence-corrected chi connectivity index (χ0v) is 14.9. The zero-order chi connectivity index (χ0) is 17.5. The van der Waals surface area contributed by atoms with Crippen LogP contribution in [0.1, 0.15) is 37.8 Å². The normalized spacial score (nSPS) is 15.0. The summed E-state index contributed by atoms with van der Waals surface area (Å²) in [6, 6.07) is 18.6. The third kappa shape index (κ3) is 4.99. The van der Waals surface area contributed by atoms with Crippen LogP contribution in [0.2, 0.25) is 0 Å². The maximum absolute atomic E-state index is 12.1. The third-order valence-corrected chi connectivity index (χ3v) is 4.70. The Labute approximate surface area is 150 Å². The number of hydrogen-bond acceptors (Lipinski definition) is 3. The van der Waals surface area contributed by atoms with Crippen molar-refractivity contribution in [1.29, 1.82) is 0 Å². The summed E-state index contributed by atoms with van der Waals surface area (Å²) in [6.07, 6.45) is 3.04. The molecule has 1 aliphatic rings. The number of carbonyl (C=O) groups excluding carboxylic acids is 1. The SMILES string of the molecule is CC(NC(=O)CCNc1ccc(N2CCCC2)cc1)c1ccccc1. The molecule has 4 nitrogen and oxygen atoms in total. The van der Waals surface area contributed by atoms with Crippen LogP contribution in [0.5, 0.6) is 0 Å². The molecule has 4 heteroatoms. The van der Waals surface area contributed by atoms with Gasteiger partial charge in [0.05, 0.1) is 6.04 Å². The van der Waals surface area contributed by atoms with Crippen molar-refractivity contribution in [1.82, 2.24) is 5.32 Å². The predicted molar refractivity (Wildman–Crippen MR) is 104 cm³/mol. The van der Waals surface area contributed by atoms with Crippen molar-refractivity contribution >= 4 is 17.3 Å². The molecule has 25 heavy (non-hydrogen) atoms. The fourth-order valence-electron chi connectivity index (χ4n) is 3.22. The van der Waals surface area contributed by atoms with Crippen molar-refractivity contribution in [3.8, 4) is 0 Å². The highest BCUT2D eigenvalue weighted by molar-refractivity contribution is 5.77. The number of carbonyl (C=O) groups is 1. The fourth-order valence-corrected chi connectivity index (χ4v) is 3.22. The standard InChI is InChI=1S/C21H27N3O/c1-17(18-7-3-2-4-8-18)23-21(25)13-14-22-19-9-11-20(12-10-19)24-15-5-6-16-24/h2-4,7-12,17,22H,5-6,13-16H2,1H3,(H,23,25). The molecule has 0 spiro atoms. The number of hydrogen-bond donors (Lipinski definition) is 2. The average Bonchev–Trinajstić information content (AvgIpc) is 3.18. The van der Waals surface area contributed by atoms with Crippen LogP contribution in [-0.2, 0) is 4.79 Å². The molecule has 1 unspecified atom stereocenters. The van der Waals surface area contributed by atoms with E-state index in [1.54, 1.807) is 0 Å². The zero-order valence-electron chi connectivity index (χ0n) is 14.9. The first kappa shape index (κ1) is 17.3. The molecule has 1 saturated heterocycles. The molecular weight excluding hydrogens is 310 g/mol. The highest BCUT2D eigenvalue weighted by Crippen LogP contribution is 2.22. The van der Waals surface area contributed by atoms with Gasteiger partial charge in [0.15, 0.2) is 0 Å². The molecule has 0 aliphatic carbocycles. The summed E-state index contributed by atoms with van der Waals surface area (Å²) in [5.74, 6) is 0.0672. The lowest BCUT2D eigenvalue weighted by Gasteiger charge is -2.18. The molecule has 0 bridgehead atoms. The predicted octanol–water partition coefficient (Wildman–Crippen LogP) is 3.97. The molecule has 1 amide bonds. The van der Waals surface area contributed by atoms with Gasteiger partial charge in [-0.05, 0) is 49.6 Å². The van der Waals surface area contributed by atoms with Crippen molar-refractivity contribution in [3.63, 3.8) is 0 Å². The first-order valence-corrected chi connectivity index (χ1v) is 9.15. The summed E-state index contributed by atoms with van der Waals surface area (Å²) < 4.78 is 0. The number of amides is 1. The van der Waals surface area contributed by atoms with E-state index in [0.29, 0.717) is 13.0 Å². The molecule has 1 atom stereocenters. The van der Waals surface area contributed by atoms with Crippen LogP contribution in [0, 0.1) is 0 Å². The molecule has 1 heterocycles. The molecule has 3 rings (SSSR count). The highest BCUT2D eigenvalue weighted by Gasteiger charge is 2.12. The summed E-state index contributed by atoms with van der Waals surface area (Å²) >= 11 is 0. The Hall–Kier alpha value is -2.49. The van der Waals surface area contributed by atoms with E-state index in [1.807, 2.05) is 37.3 Å². The van der Waals surface area contributed by atoms with E-state index < -0.39 is 0 Å². The van der Waals surface area contributed by atoms with Crippen LogP contribution >= 0.6 is 0 Å². The number of rotatable bonds is 7. The van der Waals surface area contributed by atoms with Crippen LogP contribution < -0.4 is 15.5 Å². The van der Waals surface area contributed by atoms with Crippen molar-refractivity contribution < 1.29 is 4.79 Å². The first-order valence-electron chi connectivity index (χ1n) is 9.15. The van der Waals surface area contributed by atoms with E-state index in [9.17, 15) is 4.79 Å². The molecule has 2 N–H and O–H groups in total. The monoisotopic (exact) mass is 337 g/mol.